The third kappa shape index (κ3) is 4.87. The van der Waals surface area contributed by atoms with Gasteiger partial charge in [-0.3, -0.25) is 4.90 Å². The summed E-state index contributed by atoms with van der Waals surface area (Å²) in [4.78, 5) is 14.8. The Balaban J connectivity index is 1.88. The van der Waals surface area contributed by atoms with E-state index < -0.39 is 0 Å². The minimum Gasteiger partial charge on any atom is -0.338 e. The first-order valence-corrected chi connectivity index (χ1v) is 10.1. The number of carbonyl (C=O) groups is 1. The van der Waals surface area contributed by atoms with Crippen molar-refractivity contribution in [2.45, 2.75) is 72.4 Å². The van der Waals surface area contributed by atoms with Crippen molar-refractivity contribution >= 4 is 11.7 Å². The minimum absolute atomic E-state index is 0.0700. The van der Waals surface area contributed by atoms with Gasteiger partial charge in [-0.15, -0.1) is 10.2 Å². The number of unbranched alkanes of at least 4 members (excludes halogenated alkanes) is 1. The molecule has 2 aromatic rings. The van der Waals surface area contributed by atoms with Crippen LogP contribution in [-0.2, 0) is 19.5 Å². The summed E-state index contributed by atoms with van der Waals surface area (Å²) in [5, 5.41) is 11.9. The lowest BCUT2D eigenvalue weighted by Crippen LogP contribution is -2.40. The summed E-state index contributed by atoms with van der Waals surface area (Å²) in [7, 11) is 0. The van der Waals surface area contributed by atoms with Crippen LogP contribution in [0, 0.1) is 13.8 Å². The van der Waals surface area contributed by atoms with Crippen molar-refractivity contribution < 1.29 is 4.79 Å². The Morgan fingerprint density at radius 1 is 1.15 bits per heavy atom. The first kappa shape index (κ1) is 19.4. The van der Waals surface area contributed by atoms with E-state index in [1.165, 1.54) is 6.42 Å². The first-order chi connectivity index (χ1) is 13.1. The van der Waals surface area contributed by atoms with E-state index in [4.69, 9.17) is 0 Å². The van der Waals surface area contributed by atoms with Gasteiger partial charge in [-0.05, 0) is 56.4 Å². The highest BCUT2D eigenvalue weighted by molar-refractivity contribution is 5.92. The molecule has 0 atom stereocenters. The molecule has 2 heterocycles. The van der Waals surface area contributed by atoms with Crippen LogP contribution in [0.5, 0.6) is 0 Å². The SMILES string of the molecule is CCCCNC(=O)N(Cc1nnc2n1CCCCC2)c1cc(C)cc(C)c1. The molecule has 1 aliphatic heterocycles. The average molecular weight is 370 g/mol. The Morgan fingerprint density at radius 3 is 2.67 bits per heavy atom. The molecule has 146 valence electrons. The highest BCUT2D eigenvalue weighted by Crippen LogP contribution is 2.22. The van der Waals surface area contributed by atoms with E-state index in [-0.39, 0.29) is 6.03 Å². The number of carbonyl (C=O) groups excluding carboxylic acids is 1. The Morgan fingerprint density at radius 2 is 1.93 bits per heavy atom. The van der Waals surface area contributed by atoms with Gasteiger partial charge in [0.1, 0.15) is 5.82 Å². The highest BCUT2D eigenvalue weighted by atomic mass is 16.2. The van der Waals surface area contributed by atoms with Crippen molar-refractivity contribution in [1.82, 2.24) is 20.1 Å². The first-order valence-electron chi connectivity index (χ1n) is 10.1. The third-order valence-corrected chi connectivity index (χ3v) is 5.06. The molecule has 1 aromatic heterocycles. The van der Waals surface area contributed by atoms with Crippen LogP contribution in [0.4, 0.5) is 10.5 Å². The summed E-state index contributed by atoms with van der Waals surface area (Å²) < 4.78 is 2.21. The monoisotopic (exact) mass is 369 g/mol. The quantitative estimate of drug-likeness (QED) is 0.779. The maximum Gasteiger partial charge on any atom is 0.322 e. The van der Waals surface area contributed by atoms with Crippen LogP contribution in [0.15, 0.2) is 18.2 Å². The molecular weight excluding hydrogens is 338 g/mol. The van der Waals surface area contributed by atoms with Crippen molar-refractivity contribution in [2.75, 3.05) is 11.4 Å². The molecule has 0 saturated heterocycles. The average Bonchev–Trinajstić information content (AvgIpc) is 2.85. The third-order valence-electron chi connectivity index (χ3n) is 5.06. The molecule has 1 N–H and O–H groups in total. The summed E-state index contributed by atoms with van der Waals surface area (Å²) in [6.45, 7) is 8.32. The number of anilines is 1. The number of aromatic nitrogens is 3. The van der Waals surface area contributed by atoms with Crippen molar-refractivity contribution in [3.05, 3.63) is 41.0 Å². The van der Waals surface area contributed by atoms with Gasteiger partial charge in [-0.1, -0.05) is 25.8 Å². The van der Waals surface area contributed by atoms with Crippen LogP contribution in [0.1, 0.15) is 61.8 Å². The molecule has 1 aromatic carbocycles. The molecular formula is C21H31N5O. The molecule has 1 aliphatic rings. The van der Waals surface area contributed by atoms with Crippen molar-refractivity contribution in [3.63, 3.8) is 0 Å². The number of benzene rings is 1. The van der Waals surface area contributed by atoms with Crippen LogP contribution >= 0.6 is 0 Å². The Labute approximate surface area is 162 Å². The fourth-order valence-corrected chi connectivity index (χ4v) is 3.66. The van der Waals surface area contributed by atoms with E-state index >= 15 is 0 Å². The number of hydrogen-bond acceptors (Lipinski definition) is 3. The lowest BCUT2D eigenvalue weighted by atomic mass is 10.1. The number of hydrogen-bond donors (Lipinski definition) is 1. The summed E-state index contributed by atoms with van der Waals surface area (Å²) in [6, 6.07) is 6.18. The van der Waals surface area contributed by atoms with Gasteiger partial charge in [-0.25, -0.2) is 4.79 Å². The number of amides is 2. The normalized spacial score (nSPS) is 13.7. The van der Waals surface area contributed by atoms with E-state index in [1.807, 2.05) is 0 Å². The summed E-state index contributed by atoms with van der Waals surface area (Å²) in [6.07, 6.45) is 6.54. The number of fused-ring (bicyclic) bond motifs is 1. The number of nitrogens with zero attached hydrogens (tertiary/aromatic N) is 4. The number of nitrogens with one attached hydrogen (secondary N) is 1. The molecule has 0 aliphatic carbocycles. The predicted octanol–water partition coefficient (Wildman–Crippen LogP) is 4.14. The van der Waals surface area contributed by atoms with E-state index in [9.17, 15) is 4.79 Å². The summed E-state index contributed by atoms with van der Waals surface area (Å²) in [5.41, 5.74) is 3.21. The maximum atomic E-state index is 13.0. The van der Waals surface area contributed by atoms with Gasteiger partial charge < -0.3 is 9.88 Å². The molecule has 3 rings (SSSR count). The molecule has 6 heteroatoms. The van der Waals surface area contributed by atoms with Gasteiger partial charge in [0.05, 0.1) is 6.54 Å². The van der Waals surface area contributed by atoms with Crippen molar-refractivity contribution in [2.24, 2.45) is 0 Å². The topological polar surface area (TPSA) is 63.1 Å². The number of rotatable bonds is 6. The maximum absolute atomic E-state index is 13.0. The van der Waals surface area contributed by atoms with Gasteiger partial charge in [-0.2, -0.15) is 0 Å². The van der Waals surface area contributed by atoms with Gasteiger partial charge >= 0.3 is 6.03 Å². The fraction of sp³-hybridized carbons (Fsp3) is 0.571. The number of aryl methyl sites for hydroxylation is 3. The molecule has 0 bridgehead atoms. The Kier molecular flexibility index (Phi) is 6.48. The van der Waals surface area contributed by atoms with Gasteiger partial charge in [0.25, 0.3) is 0 Å². The Hall–Kier alpha value is -2.37. The predicted molar refractivity (Wildman–Crippen MR) is 108 cm³/mol. The highest BCUT2D eigenvalue weighted by Gasteiger charge is 2.22. The van der Waals surface area contributed by atoms with Crippen LogP contribution < -0.4 is 10.2 Å². The smallest absolute Gasteiger partial charge is 0.322 e. The molecule has 6 nitrogen and oxygen atoms in total. The largest absolute Gasteiger partial charge is 0.338 e. The second-order valence-electron chi connectivity index (χ2n) is 7.51. The Bertz CT molecular complexity index is 763. The molecule has 0 radical (unpaired) electrons. The lowest BCUT2D eigenvalue weighted by Gasteiger charge is -2.24. The summed E-state index contributed by atoms with van der Waals surface area (Å²) in [5.74, 6) is 1.92. The van der Waals surface area contributed by atoms with Gasteiger partial charge in [0, 0.05) is 25.2 Å². The number of urea groups is 1. The van der Waals surface area contributed by atoms with Gasteiger partial charge in [0.15, 0.2) is 5.82 Å². The lowest BCUT2D eigenvalue weighted by molar-refractivity contribution is 0.245. The second-order valence-corrected chi connectivity index (χ2v) is 7.51. The van der Waals surface area contributed by atoms with Crippen LogP contribution in [0.25, 0.3) is 0 Å². The van der Waals surface area contributed by atoms with Crippen molar-refractivity contribution in [1.29, 1.82) is 0 Å². The van der Waals surface area contributed by atoms with Crippen LogP contribution in [0.2, 0.25) is 0 Å². The zero-order valence-electron chi connectivity index (χ0n) is 16.8. The standard InChI is InChI=1S/C21H31N5O/c1-4-5-10-22-21(27)26(18-13-16(2)12-17(3)14-18)15-20-24-23-19-9-7-6-8-11-25(19)20/h12-14H,4-11,15H2,1-3H3,(H,22,27). The molecule has 0 spiro atoms. The van der Waals surface area contributed by atoms with Gasteiger partial charge in [0.2, 0.25) is 0 Å². The van der Waals surface area contributed by atoms with Crippen LogP contribution in [-0.4, -0.2) is 27.3 Å². The van der Waals surface area contributed by atoms with E-state index in [2.05, 4.69) is 59.1 Å². The van der Waals surface area contributed by atoms with Crippen molar-refractivity contribution in [3.8, 4) is 0 Å². The molecule has 0 fully saturated rings. The fourth-order valence-electron chi connectivity index (χ4n) is 3.66. The second kappa shape index (κ2) is 9.02. The molecule has 0 saturated carbocycles. The zero-order chi connectivity index (χ0) is 19.2. The van der Waals surface area contributed by atoms with E-state index in [0.29, 0.717) is 13.1 Å². The molecule has 2 amide bonds. The molecule has 0 unspecified atom stereocenters. The zero-order valence-corrected chi connectivity index (χ0v) is 16.8. The van der Waals surface area contributed by atoms with E-state index in [0.717, 1.165) is 67.1 Å². The summed E-state index contributed by atoms with van der Waals surface area (Å²) >= 11 is 0. The van der Waals surface area contributed by atoms with Crippen LogP contribution in [0.3, 0.4) is 0 Å². The minimum atomic E-state index is -0.0700. The molecule has 27 heavy (non-hydrogen) atoms. The van der Waals surface area contributed by atoms with E-state index in [1.54, 1.807) is 4.90 Å².